The minimum Gasteiger partial charge on any atom is -0.300 e. The van der Waals surface area contributed by atoms with Crippen LogP contribution in [0.5, 0.6) is 0 Å². The Morgan fingerprint density at radius 1 is 1.15 bits per heavy atom. The van der Waals surface area contributed by atoms with Gasteiger partial charge in [0.1, 0.15) is 5.82 Å². The van der Waals surface area contributed by atoms with Crippen molar-refractivity contribution in [2.45, 2.75) is 6.18 Å². The number of thioether (sulfide) groups is 1. The third-order valence-electron chi connectivity index (χ3n) is 3.28. The molecule has 1 aliphatic rings. The molecule has 0 aromatic heterocycles. The summed E-state index contributed by atoms with van der Waals surface area (Å²) in [4.78, 5) is 16.1. The van der Waals surface area contributed by atoms with E-state index in [1.54, 1.807) is 6.07 Å². The molecule has 0 atom stereocenters. The number of carbonyl (C=O) groups excluding carboxylic acids is 1. The summed E-state index contributed by atoms with van der Waals surface area (Å²) in [6.07, 6.45) is -3.21. The van der Waals surface area contributed by atoms with Crippen LogP contribution in [-0.4, -0.2) is 11.1 Å². The molecule has 134 valence electrons. The highest BCUT2D eigenvalue weighted by atomic mass is 35.5. The van der Waals surface area contributed by atoms with Crippen molar-refractivity contribution in [1.82, 2.24) is 5.32 Å². The lowest BCUT2D eigenvalue weighted by Crippen LogP contribution is -2.19. The first-order valence-corrected chi connectivity index (χ1v) is 8.34. The van der Waals surface area contributed by atoms with E-state index in [0.717, 1.165) is 23.9 Å². The Morgan fingerprint density at radius 3 is 2.62 bits per heavy atom. The summed E-state index contributed by atoms with van der Waals surface area (Å²) in [6.45, 7) is 0. The molecule has 2 aromatic carbocycles. The second kappa shape index (κ2) is 7.13. The van der Waals surface area contributed by atoms with Crippen molar-refractivity contribution in [1.29, 1.82) is 0 Å². The minimum absolute atomic E-state index is 0.00882. The maximum atomic E-state index is 13.2. The first-order chi connectivity index (χ1) is 12.2. The number of hydrogen-bond donors (Lipinski definition) is 1. The lowest BCUT2D eigenvalue weighted by Gasteiger charge is -2.10. The molecule has 0 spiro atoms. The number of amidine groups is 1. The van der Waals surface area contributed by atoms with Crippen molar-refractivity contribution in [3.8, 4) is 0 Å². The predicted octanol–water partition coefficient (Wildman–Crippen LogP) is 5.39. The zero-order chi connectivity index (χ0) is 18.9. The van der Waals surface area contributed by atoms with Crippen LogP contribution >= 0.6 is 23.4 Å². The van der Waals surface area contributed by atoms with Crippen LogP contribution in [0.4, 0.5) is 23.2 Å². The van der Waals surface area contributed by atoms with Gasteiger partial charge in [-0.25, -0.2) is 9.38 Å². The summed E-state index contributed by atoms with van der Waals surface area (Å²) in [5.74, 6) is -0.992. The van der Waals surface area contributed by atoms with Gasteiger partial charge in [-0.15, -0.1) is 0 Å². The summed E-state index contributed by atoms with van der Waals surface area (Å²) in [5.41, 5.74) is -0.919. The van der Waals surface area contributed by atoms with E-state index in [-0.39, 0.29) is 20.8 Å². The molecule has 1 aliphatic heterocycles. The summed E-state index contributed by atoms with van der Waals surface area (Å²) < 4.78 is 52.5. The second-order valence-electron chi connectivity index (χ2n) is 5.20. The van der Waals surface area contributed by atoms with Gasteiger partial charge < -0.3 is 5.32 Å². The van der Waals surface area contributed by atoms with Crippen molar-refractivity contribution in [3.63, 3.8) is 0 Å². The monoisotopic (exact) mass is 400 g/mol. The first kappa shape index (κ1) is 18.5. The topological polar surface area (TPSA) is 41.5 Å². The average molecular weight is 401 g/mol. The van der Waals surface area contributed by atoms with E-state index in [9.17, 15) is 22.4 Å². The maximum Gasteiger partial charge on any atom is 0.418 e. The number of rotatable bonds is 2. The van der Waals surface area contributed by atoms with E-state index in [4.69, 9.17) is 11.6 Å². The Kier molecular flexibility index (Phi) is 5.06. The highest BCUT2D eigenvalue weighted by Crippen LogP contribution is 2.39. The first-order valence-electron chi connectivity index (χ1n) is 7.14. The molecule has 9 heteroatoms. The molecule has 26 heavy (non-hydrogen) atoms. The number of alkyl halides is 3. The summed E-state index contributed by atoms with van der Waals surface area (Å²) in [7, 11) is 0. The molecule has 1 N–H and O–H groups in total. The Balaban J connectivity index is 1.92. The molecule has 1 amide bonds. The Morgan fingerprint density at radius 2 is 1.92 bits per heavy atom. The van der Waals surface area contributed by atoms with Gasteiger partial charge in [0.05, 0.1) is 16.2 Å². The SMILES string of the molecule is O=C1NC(=Nc2ccc(Cl)cc2C(F)(F)F)SC1=Cc1cccc(F)c1. The van der Waals surface area contributed by atoms with Crippen molar-refractivity contribution >= 4 is 46.2 Å². The van der Waals surface area contributed by atoms with Gasteiger partial charge in [-0.1, -0.05) is 23.7 Å². The average Bonchev–Trinajstić information content (AvgIpc) is 2.87. The molecule has 3 rings (SSSR count). The van der Waals surface area contributed by atoms with E-state index in [2.05, 4.69) is 10.3 Å². The molecule has 0 bridgehead atoms. The van der Waals surface area contributed by atoms with Crippen LogP contribution in [0.2, 0.25) is 5.02 Å². The number of nitrogens with one attached hydrogen (secondary N) is 1. The quantitative estimate of drug-likeness (QED) is 0.542. The van der Waals surface area contributed by atoms with Crippen LogP contribution in [0.3, 0.4) is 0 Å². The Labute approximate surface area is 154 Å². The molecular weight excluding hydrogens is 392 g/mol. The van der Waals surface area contributed by atoms with Gasteiger partial charge in [0.25, 0.3) is 5.91 Å². The molecule has 0 saturated carbocycles. The molecule has 1 saturated heterocycles. The van der Waals surface area contributed by atoms with Crippen molar-refractivity contribution in [2.75, 3.05) is 0 Å². The van der Waals surface area contributed by atoms with E-state index >= 15 is 0 Å². The van der Waals surface area contributed by atoms with Gasteiger partial charge in [0.2, 0.25) is 0 Å². The zero-order valence-electron chi connectivity index (χ0n) is 12.8. The number of carbonyl (C=O) groups is 1. The van der Waals surface area contributed by atoms with Gasteiger partial charge in [-0.05, 0) is 53.7 Å². The molecule has 0 radical (unpaired) electrons. The lowest BCUT2D eigenvalue weighted by atomic mass is 10.2. The predicted molar refractivity (Wildman–Crippen MR) is 93.7 cm³/mol. The van der Waals surface area contributed by atoms with E-state index in [1.165, 1.54) is 30.3 Å². The maximum absolute atomic E-state index is 13.2. The van der Waals surface area contributed by atoms with Crippen LogP contribution in [0, 0.1) is 5.82 Å². The fourth-order valence-electron chi connectivity index (χ4n) is 2.17. The molecule has 1 heterocycles. The fourth-order valence-corrected chi connectivity index (χ4v) is 3.18. The van der Waals surface area contributed by atoms with Crippen molar-refractivity contribution < 1.29 is 22.4 Å². The normalized spacial score (nSPS) is 17.8. The van der Waals surface area contributed by atoms with Gasteiger partial charge in [0.15, 0.2) is 5.17 Å². The summed E-state index contributed by atoms with van der Waals surface area (Å²) >= 11 is 6.49. The number of hydrogen-bond acceptors (Lipinski definition) is 3. The van der Waals surface area contributed by atoms with Crippen LogP contribution in [0.15, 0.2) is 52.4 Å². The number of halogens is 5. The lowest BCUT2D eigenvalue weighted by molar-refractivity contribution is -0.137. The zero-order valence-corrected chi connectivity index (χ0v) is 14.3. The number of nitrogens with zero attached hydrogens (tertiary/aromatic N) is 1. The van der Waals surface area contributed by atoms with Crippen LogP contribution < -0.4 is 5.32 Å². The van der Waals surface area contributed by atoms with Crippen LogP contribution in [0.1, 0.15) is 11.1 Å². The second-order valence-corrected chi connectivity index (χ2v) is 6.66. The van der Waals surface area contributed by atoms with E-state index in [1.807, 2.05) is 0 Å². The van der Waals surface area contributed by atoms with E-state index < -0.39 is 23.5 Å². The number of amides is 1. The van der Waals surface area contributed by atoms with Crippen molar-refractivity contribution in [2.24, 2.45) is 4.99 Å². The highest BCUT2D eigenvalue weighted by Gasteiger charge is 2.34. The number of benzene rings is 2. The van der Waals surface area contributed by atoms with Gasteiger partial charge in [-0.2, -0.15) is 13.2 Å². The Hall–Kier alpha value is -2.32. The molecule has 1 fully saturated rings. The van der Waals surface area contributed by atoms with Gasteiger partial charge in [0, 0.05) is 5.02 Å². The third kappa shape index (κ3) is 4.25. The highest BCUT2D eigenvalue weighted by molar-refractivity contribution is 8.18. The summed E-state index contributed by atoms with van der Waals surface area (Å²) in [6, 6.07) is 8.75. The van der Waals surface area contributed by atoms with Gasteiger partial charge in [-0.3, -0.25) is 4.79 Å². The molecule has 0 unspecified atom stereocenters. The Bertz CT molecular complexity index is 941. The smallest absolute Gasteiger partial charge is 0.300 e. The molecule has 2 aromatic rings. The summed E-state index contributed by atoms with van der Waals surface area (Å²) in [5, 5.41) is 2.31. The molecular formula is C17H9ClF4N2OS. The molecule has 3 nitrogen and oxygen atoms in total. The van der Waals surface area contributed by atoms with Gasteiger partial charge >= 0.3 is 6.18 Å². The van der Waals surface area contributed by atoms with Crippen molar-refractivity contribution in [3.05, 3.63) is 69.3 Å². The third-order valence-corrected chi connectivity index (χ3v) is 4.43. The van der Waals surface area contributed by atoms with Crippen LogP contribution in [0.25, 0.3) is 6.08 Å². The van der Waals surface area contributed by atoms with Crippen LogP contribution in [-0.2, 0) is 11.0 Å². The standard InChI is InChI=1S/C17H9ClF4N2OS/c18-10-4-5-13(12(8-10)17(20,21)22)23-16-24-15(25)14(26-16)7-9-2-1-3-11(19)6-9/h1-8H,(H,23,24,25). The van der Waals surface area contributed by atoms with E-state index in [0.29, 0.717) is 5.56 Å². The number of aliphatic imine (C=N–C) groups is 1. The minimum atomic E-state index is -4.64. The fraction of sp³-hybridized carbons (Fsp3) is 0.0588. The molecule has 0 aliphatic carbocycles. The largest absolute Gasteiger partial charge is 0.418 e.